The molecule has 1 aliphatic heterocycles. The molecule has 0 radical (unpaired) electrons. The number of nitrogen functional groups attached to an aromatic ring is 1. The fraction of sp³-hybridized carbons (Fsp3) is 0.250. The van der Waals surface area contributed by atoms with Crippen molar-refractivity contribution in [2.45, 2.75) is 26.4 Å². The van der Waals surface area contributed by atoms with E-state index in [4.69, 9.17) is 16.9 Å². The first kappa shape index (κ1) is 15.9. The van der Waals surface area contributed by atoms with Gasteiger partial charge in [-0.3, -0.25) is 9.69 Å². The fourth-order valence-corrected chi connectivity index (χ4v) is 3.00. The molecule has 24 heavy (non-hydrogen) atoms. The molecular formula is C20H20N2O2. The number of carbonyl (C=O) groups is 1. The molecule has 0 saturated heterocycles. The van der Waals surface area contributed by atoms with Crippen molar-refractivity contribution < 1.29 is 9.53 Å². The van der Waals surface area contributed by atoms with Crippen LogP contribution < -0.4 is 15.4 Å². The van der Waals surface area contributed by atoms with Gasteiger partial charge >= 0.3 is 0 Å². The van der Waals surface area contributed by atoms with E-state index in [-0.39, 0.29) is 12.5 Å². The second kappa shape index (κ2) is 6.29. The summed E-state index contributed by atoms with van der Waals surface area (Å²) in [6, 6.07) is 11.5. The number of anilines is 2. The summed E-state index contributed by atoms with van der Waals surface area (Å²) in [6.07, 6.45) is 5.36. The van der Waals surface area contributed by atoms with E-state index in [1.165, 1.54) is 5.56 Å². The van der Waals surface area contributed by atoms with Crippen molar-refractivity contribution in [1.82, 2.24) is 0 Å². The van der Waals surface area contributed by atoms with Crippen molar-refractivity contribution in [3.8, 4) is 18.1 Å². The average Bonchev–Trinajstić information content (AvgIpc) is 2.54. The first-order chi connectivity index (χ1) is 11.5. The number of hydrogen-bond acceptors (Lipinski definition) is 3. The van der Waals surface area contributed by atoms with Crippen molar-refractivity contribution in [1.29, 1.82) is 0 Å². The van der Waals surface area contributed by atoms with E-state index in [1.54, 1.807) is 23.1 Å². The van der Waals surface area contributed by atoms with Crippen LogP contribution >= 0.6 is 0 Å². The lowest BCUT2D eigenvalue weighted by Crippen LogP contribution is -2.47. The normalized spacial score (nSPS) is 16.3. The Morgan fingerprint density at radius 1 is 1.25 bits per heavy atom. The smallest absolute Gasteiger partial charge is 0.269 e. The van der Waals surface area contributed by atoms with Crippen LogP contribution in [-0.2, 0) is 11.2 Å². The lowest BCUT2D eigenvalue weighted by molar-refractivity contribution is -0.126. The second-order valence-corrected chi connectivity index (χ2v) is 6.10. The summed E-state index contributed by atoms with van der Waals surface area (Å²) < 4.78 is 5.95. The standard InChI is InChI=1S/C20H20N2O2/c1-4-9-22-17-12-16(21)7-8-18(17)24-19(20(22)23)11-15-6-5-13(2)10-14(15)3/h1,5-8,10,12,19H,9,11,21H2,2-3H3. The molecule has 2 aromatic rings. The van der Waals surface area contributed by atoms with E-state index in [0.717, 1.165) is 11.1 Å². The lowest BCUT2D eigenvalue weighted by atomic mass is 9.99. The Hall–Kier alpha value is -2.93. The van der Waals surface area contributed by atoms with Gasteiger partial charge in [-0.05, 0) is 43.2 Å². The van der Waals surface area contributed by atoms with Crippen molar-refractivity contribution in [3.05, 3.63) is 53.1 Å². The van der Waals surface area contributed by atoms with Gasteiger partial charge in [-0.15, -0.1) is 6.42 Å². The Morgan fingerprint density at radius 2 is 2.04 bits per heavy atom. The van der Waals surface area contributed by atoms with Crippen LogP contribution in [0.1, 0.15) is 16.7 Å². The number of aryl methyl sites for hydroxylation is 2. The molecule has 2 aromatic carbocycles. The number of fused-ring (bicyclic) bond motifs is 1. The van der Waals surface area contributed by atoms with E-state index in [9.17, 15) is 4.79 Å². The quantitative estimate of drug-likeness (QED) is 0.699. The Kier molecular flexibility index (Phi) is 4.18. The minimum atomic E-state index is -0.587. The number of terminal acetylenes is 1. The molecule has 2 N–H and O–H groups in total. The molecule has 4 heteroatoms. The van der Waals surface area contributed by atoms with Gasteiger partial charge in [0.25, 0.3) is 5.91 Å². The number of hydrogen-bond donors (Lipinski definition) is 1. The Balaban J connectivity index is 1.94. The molecule has 0 aliphatic carbocycles. The van der Waals surface area contributed by atoms with Gasteiger partial charge in [-0.2, -0.15) is 0 Å². The molecule has 3 rings (SSSR count). The monoisotopic (exact) mass is 320 g/mol. The van der Waals surface area contributed by atoms with E-state index in [0.29, 0.717) is 23.5 Å². The fourth-order valence-electron chi connectivity index (χ4n) is 3.00. The molecular weight excluding hydrogens is 300 g/mol. The molecule has 1 amide bonds. The van der Waals surface area contributed by atoms with E-state index in [2.05, 4.69) is 12.0 Å². The molecule has 1 heterocycles. The third-order valence-corrected chi connectivity index (χ3v) is 4.24. The summed E-state index contributed by atoms with van der Waals surface area (Å²) >= 11 is 0. The van der Waals surface area contributed by atoms with Crippen LogP contribution in [0.15, 0.2) is 36.4 Å². The van der Waals surface area contributed by atoms with Crippen LogP contribution in [0.25, 0.3) is 0 Å². The highest BCUT2D eigenvalue weighted by atomic mass is 16.5. The van der Waals surface area contributed by atoms with E-state index >= 15 is 0 Å². The third kappa shape index (κ3) is 2.93. The summed E-state index contributed by atoms with van der Waals surface area (Å²) in [5, 5.41) is 0. The summed E-state index contributed by atoms with van der Waals surface area (Å²) in [6.45, 7) is 4.29. The highest BCUT2D eigenvalue weighted by Gasteiger charge is 2.34. The molecule has 4 nitrogen and oxygen atoms in total. The first-order valence-electron chi connectivity index (χ1n) is 7.86. The predicted molar refractivity (Wildman–Crippen MR) is 96.1 cm³/mol. The van der Waals surface area contributed by atoms with Crippen LogP contribution in [0.3, 0.4) is 0 Å². The minimum Gasteiger partial charge on any atom is -0.478 e. The highest BCUT2D eigenvalue weighted by Crippen LogP contribution is 2.36. The second-order valence-electron chi connectivity index (χ2n) is 6.10. The van der Waals surface area contributed by atoms with Crippen molar-refractivity contribution >= 4 is 17.3 Å². The van der Waals surface area contributed by atoms with Gasteiger partial charge in [-0.25, -0.2) is 0 Å². The predicted octanol–water partition coefficient (Wildman–Crippen LogP) is 2.86. The molecule has 1 aliphatic rings. The van der Waals surface area contributed by atoms with Crippen LogP contribution in [-0.4, -0.2) is 18.6 Å². The Labute approximate surface area is 142 Å². The maximum Gasteiger partial charge on any atom is 0.269 e. The Bertz CT molecular complexity index is 836. The Morgan fingerprint density at radius 3 is 2.75 bits per heavy atom. The number of nitrogens with two attached hydrogens (primary N) is 1. The summed E-state index contributed by atoms with van der Waals surface area (Å²) in [5.41, 5.74) is 10.5. The van der Waals surface area contributed by atoms with Crippen molar-refractivity contribution in [3.63, 3.8) is 0 Å². The number of ether oxygens (including phenoxy) is 1. The van der Waals surface area contributed by atoms with Gasteiger partial charge in [0.1, 0.15) is 5.75 Å². The van der Waals surface area contributed by atoms with Gasteiger partial charge in [0.2, 0.25) is 0 Å². The lowest BCUT2D eigenvalue weighted by Gasteiger charge is -2.33. The maximum atomic E-state index is 12.8. The van der Waals surface area contributed by atoms with E-state index < -0.39 is 6.10 Å². The molecule has 0 fully saturated rings. The molecule has 1 unspecified atom stereocenters. The van der Waals surface area contributed by atoms with Crippen molar-refractivity contribution in [2.75, 3.05) is 17.2 Å². The molecule has 0 spiro atoms. The molecule has 0 aromatic heterocycles. The van der Waals surface area contributed by atoms with E-state index in [1.807, 2.05) is 26.0 Å². The zero-order valence-electron chi connectivity index (χ0n) is 13.9. The number of carbonyl (C=O) groups excluding carboxylic acids is 1. The molecule has 122 valence electrons. The number of amides is 1. The highest BCUT2D eigenvalue weighted by molar-refractivity contribution is 6.01. The molecule has 0 bridgehead atoms. The number of benzene rings is 2. The third-order valence-electron chi connectivity index (χ3n) is 4.24. The van der Waals surface area contributed by atoms with Crippen molar-refractivity contribution in [2.24, 2.45) is 0 Å². The number of rotatable bonds is 3. The molecule has 0 saturated carbocycles. The molecule has 1 atom stereocenters. The summed E-state index contributed by atoms with van der Waals surface area (Å²) in [5.74, 6) is 3.04. The topological polar surface area (TPSA) is 55.6 Å². The number of nitrogens with zero attached hydrogens (tertiary/aromatic N) is 1. The van der Waals surface area contributed by atoms with Crippen LogP contribution in [0.4, 0.5) is 11.4 Å². The average molecular weight is 320 g/mol. The first-order valence-corrected chi connectivity index (χ1v) is 7.86. The van der Waals surface area contributed by atoms with Gasteiger partial charge < -0.3 is 10.5 Å². The zero-order chi connectivity index (χ0) is 17.3. The van der Waals surface area contributed by atoms with Gasteiger partial charge in [0.05, 0.1) is 12.2 Å². The summed E-state index contributed by atoms with van der Waals surface area (Å²) in [4.78, 5) is 14.4. The SMILES string of the molecule is C#CCN1C(=O)C(Cc2ccc(C)cc2C)Oc2ccc(N)cc21. The largest absolute Gasteiger partial charge is 0.478 e. The van der Waals surface area contributed by atoms with Gasteiger partial charge in [0, 0.05) is 12.1 Å². The zero-order valence-corrected chi connectivity index (χ0v) is 13.9. The summed E-state index contributed by atoms with van der Waals surface area (Å²) in [7, 11) is 0. The van der Waals surface area contributed by atoms with Crippen LogP contribution in [0.2, 0.25) is 0 Å². The van der Waals surface area contributed by atoms with Gasteiger partial charge in [-0.1, -0.05) is 29.7 Å². The van der Waals surface area contributed by atoms with Crippen LogP contribution in [0, 0.1) is 26.2 Å². The maximum absolute atomic E-state index is 12.8. The minimum absolute atomic E-state index is 0.133. The van der Waals surface area contributed by atoms with Crippen LogP contribution in [0.5, 0.6) is 5.75 Å². The van der Waals surface area contributed by atoms with Gasteiger partial charge in [0.15, 0.2) is 6.10 Å².